The lowest BCUT2D eigenvalue weighted by Crippen LogP contribution is -2.28. The Bertz CT molecular complexity index is 591. The fourth-order valence-electron chi connectivity index (χ4n) is 1.64. The minimum atomic E-state index is -3.94. The summed E-state index contributed by atoms with van der Waals surface area (Å²) in [7, 11) is -3.94. The van der Waals surface area contributed by atoms with E-state index in [0.717, 1.165) is 6.07 Å². The summed E-state index contributed by atoms with van der Waals surface area (Å²) in [4.78, 5) is -0.466. The third-order valence-electron chi connectivity index (χ3n) is 2.90. The first-order valence-corrected chi connectivity index (χ1v) is 8.49. The van der Waals surface area contributed by atoms with Crippen molar-refractivity contribution in [1.29, 1.82) is 0 Å². The number of ether oxygens (including phenoxy) is 1. The van der Waals surface area contributed by atoms with Gasteiger partial charge in [-0.1, -0.05) is 0 Å². The minimum absolute atomic E-state index is 0.0165. The molecule has 1 fully saturated rings. The van der Waals surface area contributed by atoms with E-state index < -0.39 is 20.7 Å². The number of nitrogen functional groups attached to an aromatic ring is 1. The van der Waals surface area contributed by atoms with Gasteiger partial charge in [-0.2, -0.15) is 0 Å². The van der Waals surface area contributed by atoms with Crippen LogP contribution >= 0.6 is 15.9 Å². The third kappa shape index (κ3) is 4.15. The lowest BCUT2D eigenvalue weighted by Gasteiger charge is -2.10. The SMILES string of the molecule is Nc1cc(Br)c(F)c(S(=O)(=O)NCCOCC2CC2)c1. The summed E-state index contributed by atoms with van der Waals surface area (Å²) >= 11 is 2.93. The molecule has 0 radical (unpaired) electrons. The summed E-state index contributed by atoms with van der Waals surface area (Å²) in [6, 6.07) is 2.40. The molecule has 1 saturated carbocycles. The van der Waals surface area contributed by atoms with Crippen molar-refractivity contribution < 1.29 is 17.5 Å². The second kappa shape index (κ2) is 6.38. The van der Waals surface area contributed by atoms with E-state index in [-0.39, 0.29) is 23.3 Å². The third-order valence-corrected chi connectivity index (χ3v) is 4.93. The highest BCUT2D eigenvalue weighted by atomic mass is 79.9. The molecule has 1 aliphatic rings. The first-order chi connectivity index (χ1) is 9.40. The number of hydrogen-bond acceptors (Lipinski definition) is 4. The molecule has 20 heavy (non-hydrogen) atoms. The van der Waals surface area contributed by atoms with Gasteiger partial charge >= 0.3 is 0 Å². The fourth-order valence-corrected chi connectivity index (χ4v) is 3.39. The molecule has 0 atom stereocenters. The lowest BCUT2D eigenvalue weighted by atomic mass is 10.3. The Labute approximate surface area is 125 Å². The van der Waals surface area contributed by atoms with Crippen LogP contribution in [0.1, 0.15) is 12.8 Å². The van der Waals surface area contributed by atoms with Crippen LogP contribution < -0.4 is 10.5 Å². The standard InChI is InChI=1S/C12H16BrFN2O3S/c13-10-5-9(15)6-11(12(10)14)20(17,18)16-3-4-19-7-8-1-2-8/h5-6,8,16H,1-4,7,15H2. The summed E-state index contributed by atoms with van der Waals surface area (Å²) in [5.74, 6) is -0.237. The molecule has 1 aromatic carbocycles. The molecule has 0 spiro atoms. The second-order valence-electron chi connectivity index (χ2n) is 4.73. The fraction of sp³-hybridized carbons (Fsp3) is 0.500. The van der Waals surface area contributed by atoms with Gasteiger partial charge in [0.25, 0.3) is 0 Å². The lowest BCUT2D eigenvalue weighted by molar-refractivity contribution is 0.129. The highest BCUT2D eigenvalue weighted by Gasteiger charge is 2.22. The van der Waals surface area contributed by atoms with Crippen molar-refractivity contribution in [2.45, 2.75) is 17.7 Å². The monoisotopic (exact) mass is 366 g/mol. The van der Waals surface area contributed by atoms with Crippen LogP contribution in [0.5, 0.6) is 0 Å². The molecule has 0 bridgehead atoms. The van der Waals surface area contributed by atoms with E-state index in [2.05, 4.69) is 20.7 Å². The van der Waals surface area contributed by atoms with Crippen LogP contribution in [0.4, 0.5) is 10.1 Å². The average molecular weight is 367 g/mol. The summed E-state index contributed by atoms with van der Waals surface area (Å²) in [5, 5.41) is 0. The maximum Gasteiger partial charge on any atom is 0.243 e. The number of halogens is 2. The maximum atomic E-state index is 13.8. The van der Waals surface area contributed by atoms with Gasteiger partial charge in [0.1, 0.15) is 4.90 Å². The number of hydrogen-bond donors (Lipinski definition) is 2. The van der Waals surface area contributed by atoms with Crippen LogP contribution in [0, 0.1) is 11.7 Å². The van der Waals surface area contributed by atoms with E-state index in [1.54, 1.807) is 0 Å². The van der Waals surface area contributed by atoms with E-state index in [1.165, 1.54) is 18.9 Å². The highest BCUT2D eigenvalue weighted by molar-refractivity contribution is 9.10. The quantitative estimate of drug-likeness (QED) is 0.570. The van der Waals surface area contributed by atoms with Crippen molar-refractivity contribution in [2.75, 3.05) is 25.5 Å². The molecule has 2 rings (SSSR count). The van der Waals surface area contributed by atoms with Gasteiger partial charge < -0.3 is 10.5 Å². The molecule has 1 aliphatic carbocycles. The number of rotatable bonds is 7. The van der Waals surface area contributed by atoms with Crippen molar-refractivity contribution in [2.24, 2.45) is 5.92 Å². The van der Waals surface area contributed by atoms with E-state index in [9.17, 15) is 12.8 Å². The van der Waals surface area contributed by atoms with Gasteiger partial charge in [0, 0.05) is 18.8 Å². The van der Waals surface area contributed by atoms with E-state index in [4.69, 9.17) is 10.5 Å². The number of sulfonamides is 1. The molecule has 0 unspecified atom stereocenters. The van der Waals surface area contributed by atoms with Crippen molar-refractivity contribution >= 4 is 31.6 Å². The highest BCUT2D eigenvalue weighted by Crippen LogP contribution is 2.28. The van der Waals surface area contributed by atoms with E-state index in [1.807, 2.05) is 0 Å². The number of benzene rings is 1. The van der Waals surface area contributed by atoms with Crippen molar-refractivity contribution in [3.63, 3.8) is 0 Å². The van der Waals surface area contributed by atoms with Crippen LogP contribution in [0.25, 0.3) is 0 Å². The molecule has 8 heteroatoms. The van der Waals surface area contributed by atoms with Crippen LogP contribution in [-0.4, -0.2) is 28.2 Å². The normalized spacial score (nSPS) is 15.5. The second-order valence-corrected chi connectivity index (χ2v) is 7.32. The largest absolute Gasteiger partial charge is 0.399 e. The molecule has 112 valence electrons. The average Bonchev–Trinajstić information content (AvgIpc) is 3.17. The van der Waals surface area contributed by atoms with Gasteiger partial charge in [-0.3, -0.25) is 0 Å². The predicted octanol–water partition coefficient (Wildman–Crippen LogP) is 1.88. The zero-order valence-electron chi connectivity index (χ0n) is 10.7. The Hall–Kier alpha value is -0.700. The summed E-state index contributed by atoms with van der Waals surface area (Å²) < 4.78 is 45.4. The van der Waals surface area contributed by atoms with Crippen molar-refractivity contribution in [1.82, 2.24) is 4.72 Å². The molecule has 0 heterocycles. The zero-order chi connectivity index (χ0) is 14.8. The van der Waals surface area contributed by atoms with Crippen LogP contribution in [-0.2, 0) is 14.8 Å². The zero-order valence-corrected chi connectivity index (χ0v) is 13.1. The molecular formula is C12H16BrFN2O3S. The molecule has 5 nitrogen and oxygen atoms in total. The Morgan fingerprint density at radius 2 is 2.15 bits per heavy atom. The maximum absolute atomic E-state index is 13.8. The van der Waals surface area contributed by atoms with Gasteiger partial charge in [0.15, 0.2) is 5.82 Å². The minimum Gasteiger partial charge on any atom is -0.399 e. The Kier molecular flexibility index (Phi) is 5.00. The first-order valence-electron chi connectivity index (χ1n) is 6.22. The number of anilines is 1. The van der Waals surface area contributed by atoms with Crippen molar-refractivity contribution in [3.8, 4) is 0 Å². The molecule has 0 aliphatic heterocycles. The Morgan fingerprint density at radius 3 is 2.80 bits per heavy atom. The summed E-state index contributed by atoms with van der Waals surface area (Å²) in [6.07, 6.45) is 2.35. The van der Waals surface area contributed by atoms with Crippen LogP contribution in [0.15, 0.2) is 21.5 Å². The molecule has 3 N–H and O–H groups in total. The topological polar surface area (TPSA) is 81.4 Å². The molecule has 1 aromatic rings. The predicted molar refractivity (Wildman–Crippen MR) is 77.2 cm³/mol. The van der Waals surface area contributed by atoms with Crippen molar-refractivity contribution in [3.05, 3.63) is 22.4 Å². The Morgan fingerprint density at radius 1 is 1.45 bits per heavy atom. The van der Waals surface area contributed by atoms with Crippen LogP contribution in [0.3, 0.4) is 0 Å². The van der Waals surface area contributed by atoms with Gasteiger partial charge in [0.2, 0.25) is 10.0 Å². The smallest absolute Gasteiger partial charge is 0.243 e. The van der Waals surface area contributed by atoms with Gasteiger partial charge in [-0.25, -0.2) is 17.5 Å². The molecular weight excluding hydrogens is 351 g/mol. The van der Waals surface area contributed by atoms with E-state index in [0.29, 0.717) is 12.5 Å². The number of nitrogens with two attached hydrogens (primary N) is 1. The molecule has 0 aromatic heterocycles. The van der Waals surface area contributed by atoms with E-state index >= 15 is 0 Å². The summed E-state index contributed by atoms with van der Waals surface area (Å²) in [5.41, 5.74) is 5.70. The first kappa shape index (κ1) is 15.7. The van der Waals surface area contributed by atoms with Gasteiger partial charge in [-0.15, -0.1) is 0 Å². The molecule has 0 saturated heterocycles. The van der Waals surface area contributed by atoms with Gasteiger partial charge in [-0.05, 0) is 46.8 Å². The van der Waals surface area contributed by atoms with Crippen LogP contribution in [0.2, 0.25) is 0 Å². The summed E-state index contributed by atoms with van der Waals surface area (Å²) in [6.45, 7) is 1.02. The van der Waals surface area contributed by atoms with Gasteiger partial charge in [0.05, 0.1) is 11.1 Å². The Balaban J connectivity index is 1.95. The molecule has 0 amide bonds. The number of nitrogens with one attached hydrogen (secondary N) is 1.